The lowest BCUT2D eigenvalue weighted by molar-refractivity contribution is 0.0927. The average Bonchev–Trinajstić information content (AvgIpc) is 3.17. The zero-order valence-electron chi connectivity index (χ0n) is 16.6. The van der Waals surface area contributed by atoms with Crippen molar-refractivity contribution in [2.75, 3.05) is 5.32 Å². The molecule has 1 aliphatic carbocycles. The van der Waals surface area contributed by atoms with Gasteiger partial charge < -0.3 is 20.5 Å². The zero-order valence-corrected chi connectivity index (χ0v) is 16.6. The molecule has 0 bridgehead atoms. The van der Waals surface area contributed by atoms with Crippen LogP contribution in [0, 0.1) is 6.92 Å². The molecular weight excluding hydrogens is 354 g/mol. The summed E-state index contributed by atoms with van der Waals surface area (Å²) in [5.74, 6) is -0.0417. The molecule has 28 heavy (non-hydrogen) atoms. The largest absolute Gasteiger partial charge is 0.349 e. The Kier molecular flexibility index (Phi) is 6.68. The van der Waals surface area contributed by atoms with E-state index in [0.29, 0.717) is 17.8 Å². The number of amides is 3. The number of carbonyl (C=O) groups is 2. The molecule has 3 amide bonds. The van der Waals surface area contributed by atoms with E-state index in [1.807, 2.05) is 30.7 Å². The number of aryl methyl sites for hydroxylation is 1. The fraction of sp³-hybridized carbons (Fsp3) is 0.476. The standard InChI is InChI=1S/C21H29N5O2/c1-15-12-17(20(27)24-18-6-4-3-5-7-18)8-9-19(15)25-21(28)23-16(2)13-26-11-10-22-14-26/h8-12,14,16,18H,3-7,13H2,1-2H3,(H,24,27)(H2,23,25,28)/t16-/m1/s1. The number of hydrogen-bond donors (Lipinski definition) is 3. The Morgan fingerprint density at radius 2 is 2.04 bits per heavy atom. The Labute approximate surface area is 165 Å². The van der Waals surface area contributed by atoms with Crippen LogP contribution in [-0.2, 0) is 6.54 Å². The van der Waals surface area contributed by atoms with Gasteiger partial charge in [-0.3, -0.25) is 4.79 Å². The van der Waals surface area contributed by atoms with Crippen molar-refractivity contribution in [1.82, 2.24) is 20.2 Å². The highest BCUT2D eigenvalue weighted by Crippen LogP contribution is 2.20. The molecule has 1 aromatic heterocycles. The van der Waals surface area contributed by atoms with Gasteiger partial charge in [-0.05, 0) is 50.5 Å². The number of nitrogens with one attached hydrogen (secondary N) is 3. The number of rotatable bonds is 6. The number of hydrogen-bond acceptors (Lipinski definition) is 3. The van der Waals surface area contributed by atoms with Gasteiger partial charge in [0.15, 0.2) is 0 Å². The first-order valence-electron chi connectivity index (χ1n) is 9.96. The topological polar surface area (TPSA) is 88.0 Å². The van der Waals surface area contributed by atoms with E-state index in [9.17, 15) is 9.59 Å². The fourth-order valence-electron chi connectivity index (χ4n) is 3.60. The quantitative estimate of drug-likeness (QED) is 0.714. The van der Waals surface area contributed by atoms with Crippen LogP contribution < -0.4 is 16.0 Å². The molecule has 1 aromatic carbocycles. The number of anilines is 1. The molecule has 1 saturated carbocycles. The smallest absolute Gasteiger partial charge is 0.319 e. The Morgan fingerprint density at radius 3 is 2.71 bits per heavy atom. The highest BCUT2D eigenvalue weighted by atomic mass is 16.2. The number of aromatic nitrogens is 2. The number of nitrogens with zero attached hydrogens (tertiary/aromatic N) is 2. The third-order valence-corrected chi connectivity index (χ3v) is 5.10. The zero-order chi connectivity index (χ0) is 19.9. The molecule has 1 atom stereocenters. The van der Waals surface area contributed by atoms with Crippen LogP contribution in [0.2, 0.25) is 0 Å². The van der Waals surface area contributed by atoms with E-state index in [-0.39, 0.29) is 24.0 Å². The maximum Gasteiger partial charge on any atom is 0.319 e. The van der Waals surface area contributed by atoms with Crippen LogP contribution in [-0.4, -0.2) is 33.6 Å². The second kappa shape index (κ2) is 9.39. The summed E-state index contributed by atoms with van der Waals surface area (Å²) < 4.78 is 1.91. The minimum atomic E-state index is -0.268. The van der Waals surface area contributed by atoms with Gasteiger partial charge in [0, 0.05) is 42.3 Å². The summed E-state index contributed by atoms with van der Waals surface area (Å²) in [4.78, 5) is 28.7. The Morgan fingerprint density at radius 1 is 1.25 bits per heavy atom. The van der Waals surface area contributed by atoms with E-state index in [4.69, 9.17) is 0 Å². The molecule has 0 unspecified atom stereocenters. The molecule has 0 spiro atoms. The summed E-state index contributed by atoms with van der Waals surface area (Å²) in [6.45, 7) is 4.47. The number of carbonyl (C=O) groups excluding carboxylic acids is 2. The number of benzene rings is 1. The molecule has 3 N–H and O–H groups in total. The highest BCUT2D eigenvalue weighted by molar-refractivity contribution is 5.96. The van der Waals surface area contributed by atoms with Crippen molar-refractivity contribution in [2.24, 2.45) is 0 Å². The SMILES string of the molecule is Cc1cc(C(=O)NC2CCCCC2)ccc1NC(=O)N[C@H](C)Cn1ccnc1. The predicted molar refractivity (Wildman–Crippen MR) is 109 cm³/mol. The molecule has 1 heterocycles. The second-order valence-electron chi connectivity index (χ2n) is 7.60. The fourth-order valence-corrected chi connectivity index (χ4v) is 3.60. The van der Waals surface area contributed by atoms with Gasteiger partial charge in [-0.1, -0.05) is 19.3 Å². The van der Waals surface area contributed by atoms with E-state index in [1.165, 1.54) is 19.3 Å². The van der Waals surface area contributed by atoms with E-state index in [0.717, 1.165) is 18.4 Å². The predicted octanol–water partition coefficient (Wildman–Crippen LogP) is 3.46. The average molecular weight is 383 g/mol. The van der Waals surface area contributed by atoms with Crippen LogP contribution in [0.4, 0.5) is 10.5 Å². The molecule has 0 radical (unpaired) electrons. The maximum absolute atomic E-state index is 12.5. The Bertz CT molecular complexity index is 797. The lowest BCUT2D eigenvalue weighted by Gasteiger charge is -2.23. The molecular formula is C21H29N5O2. The van der Waals surface area contributed by atoms with Crippen molar-refractivity contribution < 1.29 is 9.59 Å². The first kappa shape index (κ1) is 19.9. The van der Waals surface area contributed by atoms with Crippen molar-refractivity contribution in [2.45, 2.75) is 64.6 Å². The molecule has 0 saturated heterocycles. The lowest BCUT2D eigenvalue weighted by Crippen LogP contribution is -2.38. The number of urea groups is 1. The molecule has 2 aromatic rings. The molecule has 3 rings (SSSR count). The third kappa shape index (κ3) is 5.58. The summed E-state index contributed by atoms with van der Waals surface area (Å²) in [6, 6.07) is 5.33. The van der Waals surface area contributed by atoms with Crippen molar-refractivity contribution in [3.05, 3.63) is 48.0 Å². The second-order valence-corrected chi connectivity index (χ2v) is 7.60. The van der Waals surface area contributed by atoms with Gasteiger partial charge in [0.05, 0.1) is 6.33 Å². The third-order valence-electron chi connectivity index (χ3n) is 5.10. The van der Waals surface area contributed by atoms with Crippen LogP contribution in [0.15, 0.2) is 36.9 Å². The number of imidazole rings is 1. The minimum Gasteiger partial charge on any atom is -0.349 e. The normalized spacial score (nSPS) is 15.6. The summed E-state index contributed by atoms with van der Waals surface area (Å²) in [6.07, 6.45) is 11.0. The van der Waals surface area contributed by atoms with Gasteiger partial charge in [0.2, 0.25) is 0 Å². The van der Waals surface area contributed by atoms with E-state index >= 15 is 0 Å². The van der Waals surface area contributed by atoms with Gasteiger partial charge in [0.1, 0.15) is 0 Å². The minimum absolute atomic E-state index is 0.0417. The summed E-state index contributed by atoms with van der Waals surface area (Å²) in [7, 11) is 0. The Hall–Kier alpha value is -2.83. The first-order chi connectivity index (χ1) is 13.5. The molecule has 7 heteroatoms. The summed E-state index contributed by atoms with van der Waals surface area (Å²) >= 11 is 0. The van der Waals surface area contributed by atoms with Crippen molar-refractivity contribution in [3.63, 3.8) is 0 Å². The van der Waals surface area contributed by atoms with Crippen molar-refractivity contribution >= 4 is 17.6 Å². The van der Waals surface area contributed by atoms with E-state index < -0.39 is 0 Å². The molecule has 0 aliphatic heterocycles. The van der Waals surface area contributed by atoms with Gasteiger partial charge in [0.25, 0.3) is 5.91 Å². The monoisotopic (exact) mass is 383 g/mol. The van der Waals surface area contributed by atoms with Gasteiger partial charge in [-0.2, -0.15) is 0 Å². The van der Waals surface area contributed by atoms with Crippen molar-refractivity contribution in [1.29, 1.82) is 0 Å². The van der Waals surface area contributed by atoms with Crippen LogP contribution in [0.5, 0.6) is 0 Å². The van der Waals surface area contributed by atoms with E-state index in [2.05, 4.69) is 20.9 Å². The van der Waals surface area contributed by atoms with Crippen LogP contribution in [0.1, 0.15) is 54.9 Å². The van der Waals surface area contributed by atoms with Gasteiger partial charge in [-0.15, -0.1) is 0 Å². The van der Waals surface area contributed by atoms with Crippen molar-refractivity contribution in [3.8, 4) is 0 Å². The van der Waals surface area contributed by atoms with Crippen LogP contribution in [0.3, 0.4) is 0 Å². The molecule has 7 nitrogen and oxygen atoms in total. The van der Waals surface area contributed by atoms with Crippen LogP contribution >= 0.6 is 0 Å². The van der Waals surface area contributed by atoms with Gasteiger partial charge in [-0.25, -0.2) is 9.78 Å². The summed E-state index contributed by atoms with van der Waals surface area (Å²) in [5.41, 5.74) is 2.18. The first-order valence-corrected chi connectivity index (χ1v) is 9.96. The highest BCUT2D eigenvalue weighted by Gasteiger charge is 2.17. The lowest BCUT2D eigenvalue weighted by atomic mass is 9.95. The van der Waals surface area contributed by atoms with Crippen LogP contribution in [0.25, 0.3) is 0 Å². The van der Waals surface area contributed by atoms with E-state index in [1.54, 1.807) is 24.7 Å². The maximum atomic E-state index is 12.5. The molecule has 1 aliphatic rings. The summed E-state index contributed by atoms with van der Waals surface area (Å²) in [5, 5.41) is 8.89. The molecule has 1 fully saturated rings. The Balaban J connectivity index is 1.52. The molecule has 150 valence electrons. The van der Waals surface area contributed by atoms with Gasteiger partial charge >= 0.3 is 6.03 Å².